The number of hydrogen-bond donors (Lipinski definition) is 1. The highest BCUT2D eigenvalue weighted by Crippen LogP contribution is 2.28. The maximum atomic E-state index is 13.8. The Bertz CT molecular complexity index is 766. The normalized spacial score (nSPS) is 15.1. The van der Waals surface area contributed by atoms with Gasteiger partial charge in [-0.15, -0.1) is 0 Å². The van der Waals surface area contributed by atoms with Crippen molar-refractivity contribution in [1.29, 1.82) is 0 Å². The summed E-state index contributed by atoms with van der Waals surface area (Å²) in [6.07, 6.45) is 9.96. The van der Waals surface area contributed by atoms with Gasteiger partial charge in [-0.05, 0) is 25.2 Å². The summed E-state index contributed by atoms with van der Waals surface area (Å²) in [4.78, 5) is 11.4. The number of halogens is 2. The van der Waals surface area contributed by atoms with Crippen LogP contribution in [0.15, 0.2) is 29.6 Å². The molecule has 0 amide bonds. The average Bonchev–Trinajstić information content (AvgIpc) is 2.71. The Morgan fingerprint density at radius 2 is 1.89 bits per heavy atom. The van der Waals surface area contributed by atoms with Crippen LogP contribution in [0.2, 0.25) is 0 Å². The van der Waals surface area contributed by atoms with Crippen LogP contribution in [0.5, 0.6) is 0 Å². The van der Waals surface area contributed by atoms with Gasteiger partial charge in [-0.3, -0.25) is 0 Å². The fourth-order valence-electron chi connectivity index (χ4n) is 3.57. The molecule has 1 heterocycles. The zero-order valence-corrected chi connectivity index (χ0v) is 16.7. The highest BCUT2D eigenvalue weighted by Gasteiger charge is 2.22. The van der Waals surface area contributed by atoms with Crippen molar-refractivity contribution in [2.24, 2.45) is 0 Å². The molecule has 4 nitrogen and oxygen atoms in total. The van der Waals surface area contributed by atoms with Crippen molar-refractivity contribution in [3.05, 3.63) is 47.2 Å². The molecule has 0 radical (unpaired) electrons. The van der Waals surface area contributed by atoms with Gasteiger partial charge in [0, 0.05) is 43.5 Å². The Morgan fingerprint density at radius 1 is 1.15 bits per heavy atom. The molecule has 1 aliphatic carbocycles. The third-order valence-electron chi connectivity index (χ3n) is 5.12. The van der Waals surface area contributed by atoms with Crippen molar-refractivity contribution in [3.63, 3.8) is 0 Å². The third kappa shape index (κ3) is 4.96. The summed E-state index contributed by atoms with van der Waals surface area (Å²) in [5, 5.41) is 3.94. The second kappa shape index (κ2) is 9.46. The quantitative estimate of drug-likeness (QED) is 0.554. The number of nitrogens with zero attached hydrogens (tertiary/aromatic N) is 3. The SMILES string of the molecule is CSc1ncc(CNCc2cccc(F)c2F)c(N(C)C2CCCCC2)n1. The maximum Gasteiger partial charge on any atom is 0.189 e. The van der Waals surface area contributed by atoms with Crippen molar-refractivity contribution < 1.29 is 8.78 Å². The first-order valence-electron chi connectivity index (χ1n) is 9.36. The lowest BCUT2D eigenvalue weighted by Crippen LogP contribution is -2.35. The molecule has 0 saturated heterocycles. The van der Waals surface area contributed by atoms with Gasteiger partial charge in [0.25, 0.3) is 0 Å². The van der Waals surface area contributed by atoms with Crippen molar-refractivity contribution in [3.8, 4) is 0 Å². The zero-order chi connectivity index (χ0) is 19.2. The summed E-state index contributed by atoms with van der Waals surface area (Å²) in [6, 6.07) is 4.73. The fourth-order valence-corrected chi connectivity index (χ4v) is 3.90. The van der Waals surface area contributed by atoms with E-state index in [1.54, 1.807) is 6.07 Å². The molecule has 1 aromatic heterocycles. The predicted molar refractivity (Wildman–Crippen MR) is 106 cm³/mol. The molecule has 27 heavy (non-hydrogen) atoms. The Balaban J connectivity index is 1.73. The summed E-state index contributed by atoms with van der Waals surface area (Å²) >= 11 is 1.52. The number of rotatable bonds is 7. The third-order valence-corrected chi connectivity index (χ3v) is 5.68. The van der Waals surface area contributed by atoms with Crippen molar-refractivity contribution in [2.45, 2.75) is 56.4 Å². The van der Waals surface area contributed by atoms with Crippen LogP contribution in [-0.4, -0.2) is 29.3 Å². The van der Waals surface area contributed by atoms with Crippen LogP contribution in [0.25, 0.3) is 0 Å². The van der Waals surface area contributed by atoms with Crippen molar-refractivity contribution in [1.82, 2.24) is 15.3 Å². The smallest absolute Gasteiger partial charge is 0.189 e. The fraction of sp³-hybridized carbons (Fsp3) is 0.500. The van der Waals surface area contributed by atoms with Crippen LogP contribution < -0.4 is 10.2 Å². The molecule has 0 spiro atoms. The summed E-state index contributed by atoms with van der Waals surface area (Å²) in [5.41, 5.74) is 1.29. The molecular weight excluding hydrogens is 366 g/mol. The number of hydrogen-bond acceptors (Lipinski definition) is 5. The zero-order valence-electron chi connectivity index (χ0n) is 15.8. The summed E-state index contributed by atoms with van der Waals surface area (Å²) in [5.74, 6) is -0.688. The topological polar surface area (TPSA) is 41.1 Å². The van der Waals surface area contributed by atoms with Gasteiger partial charge in [-0.2, -0.15) is 0 Å². The van der Waals surface area contributed by atoms with E-state index in [0.29, 0.717) is 18.2 Å². The van der Waals surface area contributed by atoms with Gasteiger partial charge in [-0.1, -0.05) is 43.2 Å². The first-order valence-corrected chi connectivity index (χ1v) is 10.6. The van der Waals surface area contributed by atoms with E-state index < -0.39 is 11.6 Å². The molecule has 0 atom stereocenters. The number of anilines is 1. The molecule has 1 saturated carbocycles. The van der Waals surface area contributed by atoms with Gasteiger partial charge < -0.3 is 10.2 Å². The lowest BCUT2D eigenvalue weighted by atomic mass is 9.94. The number of aromatic nitrogens is 2. The van der Waals surface area contributed by atoms with Gasteiger partial charge in [0.2, 0.25) is 0 Å². The van der Waals surface area contributed by atoms with Crippen LogP contribution in [-0.2, 0) is 13.1 Å². The minimum Gasteiger partial charge on any atom is -0.356 e. The van der Waals surface area contributed by atoms with E-state index in [0.717, 1.165) is 22.6 Å². The standard InChI is InChI=1S/C20H26F2N4S/c1-26(16-8-4-3-5-9-16)19-15(13-24-20(25-19)27-2)12-23-11-14-7-6-10-17(21)18(14)22/h6-7,10,13,16,23H,3-5,8-9,11-12H2,1-2H3. The average molecular weight is 393 g/mol. The van der Waals surface area contributed by atoms with Crippen molar-refractivity contribution in [2.75, 3.05) is 18.2 Å². The molecular formula is C20H26F2N4S. The Labute approximate surface area is 163 Å². The van der Waals surface area contributed by atoms with E-state index in [1.165, 1.54) is 49.9 Å². The van der Waals surface area contributed by atoms with E-state index in [4.69, 9.17) is 4.98 Å². The van der Waals surface area contributed by atoms with Crippen molar-refractivity contribution >= 4 is 17.6 Å². The lowest BCUT2D eigenvalue weighted by Gasteiger charge is -2.33. The Morgan fingerprint density at radius 3 is 2.63 bits per heavy atom. The molecule has 1 fully saturated rings. The maximum absolute atomic E-state index is 13.8. The molecule has 0 aliphatic heterocycles. The van der Waals surface area contributed by atoms with E-state index in [2.05, 4.69) is 22.2 Å². The van der Waals surface area contributed by atoms with Gasteiger partial charge in [0.15, 0.2) is 16.8 Å². The van der Waals surface area contributed by atoms with Crippen LogP contribution >= 0.6 is 11.8 Å². The molecule has 3 rings (SSSR count). The highest BCUT2D eigenvalue weighted by atomic mass is 32.2. The molecule has 2 aromatic rings. The molecule has 0 bridgehead atoms. The summed E-state index contributed by atoms with van der Waals surface area (Å²) in [6.45, 7) is 0.747. The number of nitrogens with one attached hydrogen (secondary N) is 1. The first kappa shape index (κ1) is 20.0. The molecule has 7 heteroatoms. The van der Waals surface area contributed by atoms with E-state index in [1.807, 2.05) is 12.5 Å². The summed E-state index contributed by atoms with van der Waals surface area (Å²) < 4.78 is 27.2. The monoisotopic (exact) mass is 392 g/mol. The molecule has 0 unspecified atom stereocenters. The number of benzene rings is 1. The largest absolute Gasteiger partial charge is 0.356 e. The second-order valence-corrected chi connectivity index (χ2v) is 7.70. The van der Waals surface area contributed by atoms with Gasteiger partial charge >= 0.3 is 0 Å². The molecule has 1 N–H and O–H groups in total. The van der Waals surface area contributed by atoms with Gasteiger partial charge in [0.1, 0.15) is 5.82 Å². The van der Waals surface area contributed by atoms with Gasteiger partial charge in [-0.25, -0.2) is 18.7 Å². The Hall–Kier alpha value is -1.73. The van der Waals surface area contributed by atoms with E-state index in [9.17, 15) is 8.78 Å². The minimum absolute atomic E-state index is 0.250. The van der Waals surface area contributed by atoms with Crippen LogP contribution in [0.4, 0.5) is 14.6 Å². The molecule has 146 valence electrons. The van der Waals surface area contributed by atoms with Crippen LogP contribution in [0.1, 0.15) is 43.2 Å². The van der Waals surface area contributed by atoms with E-state index >= 15 is 0 Å². The van der Waals surface area contributed by atoms with Crippen LogP contribution in [0, 0.1) is 11.6 Å². The van der Waals surface area contributed by atoms with Crippen LogP contribution in [0.3, 0.4) is 0 Å². The van der Waals surface area contributed by atoms with E-state index in [-0.39, 0.29) is 6.54 Å². The second-order valence-electron chi connectivity index (χ2n) is 6.92. The molecule has 1 aromatic carbocycles. The lowest BCUT2D eigenvalue weighted by molar-refractivity contribution is 0.424. The number of thioether (sulfide) groups is 1. The first-order chi connectivity index (χ1) is 13.1. The molecule has 1 aliphatic rings. The minimum atomic E-state index is -0.820. The Kier molecular flexibility index (Phi) is 7.01. The predicted octanol–water partition coefficient (Wildman–Crippen LogP) is 4.54. The summed E-state index contributed by atoms with van der Waals surface area (Å²) in [7, 11) is 2.10. The van der Waals surface area contributed by atoms with Gasteiger partial charge in [0.05, 0.1) is 0 Å². The highest BCUT2D eigenvalue weighted by molar-refractivity contribution is 7.98.